The highest BCUT2D eigenvalue weighted by molar-refractivity contribution is 5.85. The van der Waals surface area contributed by atoms with Crippen molar-refractivity contribution in [3.05, 3.63) is 65.4 Å². The molecule has 3 saturated carbocycles. The van der Waals surface area contributed by atoms with Gasteiger partial charge in [-0.1, -0.05) is 30.3 Å². The number of fused-ring (bicyclic) bond motifs is 3. The number of rotatable bonds is 7. The molecule has 1 saturated heterocycles. The van der Waals surface area contributed by atoms with Crippen molar-refractivity contribution in [3.8, 4) is 5.75 Å². The van der Waals surface area contributed by atoms with Crippen molar-refractivity contribution < 1.29 is 9.13 Å². The molecule has 0 spiro atoms. The van der Waals surface area contributed by atoms with E-state index in [1.54, 1.807) is 0 Å². The second-order valence-corrected chi connectivity index (χ2v) is 11.2. The Morgan fingerprint density at radius 3 is 2.53 bits per heavy atom. The fourth-order valence-corrected chi connectivity index (χ4v) is 7.26. The smallest absolute Gasteiger partial charge is 0.124 e. The highest BCUT2D eigenvalue weighted by Crippen LogP contribution is 2.64. The van der Waals surface area contributed by atoms with Gasteiger partial charge in [0, 0.05) is 47.8 Å². The monoisotopic (exact) mass is 459 g/mol. The number of halogens is 1. The SMILES string of the molecule is C[C@@H]1Cc2c([nH]c3ccccc23)[C@@H](c2ccc(OC3CN(CCCF)C3)cc2)N1C12CC(C1)C2. The van der Waals surface area contributed by atoms with E-state index in [9.17, 15) is 4.39 Å². The van der Waals surface area contributed by atoms with Crippen molar-refractivity contribution in [3.63, 3.8) is 0 Å². The topological polar surface area (TPSA) is 31.5 Å². The predicted molar refractivity (Wildman–Crippen MR) is 133 cm³/mol. The fourth-order valence-electron chi connectivity index (χ4n) is 7.26. The zero-order valence-electron chi connectivity index (χ0n) is 20.0. The van der Waals surface area contributed by atoms with Gasteiger partial charge < -0.3 is 9.72 Å². The summed E-state index contributed by atoms with van der Waals surface area (Å²) in [6.07, 6.45) is 6.05. The van der Waals surface area contributed by atoms with E-state index in [1.807, 2.05) is 0 Å². The first kappa shape index (κ1) is 21.0. The lowest BCUT2D eigenvalue weighted by atomic mass is 9.48. The molecule has 178 valence electrons. The molecule has 3 heterocycles. The molecule has 3 aromatic rings. The van der Waals surface area contributed by atoms with E-state index in [0.29, 0.717) is 18.0 Å². The van der Waals surface area contributed by atoms with Crippen LogP contribution >= 0.6 is 0 Å². The summed E-state index contributed by atoms with van der Waals surface area (Å²) in [5.74, 6) is 1.90. The molecule has 5 heteroatoms. The lowest BCUT2D eigenvalue weighted by Gasteiger charge is -2.70. The summed E-state index contributed by atoms with van der Waals surface area (Å²) in [5, 5.41) is 1.38. The molecule has 8 rings (SSSR count). The first-order chi connectivity index (χ1) is 16.6. The number of ether oxygens (including phenoxy) is 1. The van der Waals surface area contributed by atoms with Gasteiger partial charge in [-0.05, 0) is 74.3 Å². The summed E-state index contributed by atoms with van der Waals surface area (Å²) < 4.78 is 18.6. The highest BCUT2D eigenvalue weighted by Gasteiger charge is 2.63. The van der Waals surface area contributed by atoms with Crippen LogP contribution in [-0.2, 0) is 6.42 Å². The molecule has 0 unspecified atom stereocenters. The average Bonchev–Trinajstić information content (AvgIpc) is 3.12. The van der Waals surface area contributed by atoms with Crippen LogP contribution in [0.25, 0.3) is 10.9 Å². The third-order valence-corrected chi connectivity index (χ3v) is 8.96. The molecule has 4 nitrogen and oxygen atoms in total. The Morgan fingerprint density at radius 2 is 1.82 bits per heavy atom. The number of likely N-dealkylation sites (tertiary alicyclic amines) is 1. The molecule has 5 aliphatic rings. The fraction of sp³-hybridized carbons (Fsp3) is 0.517. The summed E-state index contributed by atoms with van der Waals surface area (Å²) >= 11 is 0. The van der Waals surface area contributed by atoms with Crippen molar-refractivity contribution in [2.24, 2.45) is 5.92 Å². The first-order valence-corrected chi connectivity index (χ1v) is 13.1. The number of hydrogen-bond acceptors (Lipinski definition) is 3. The number of aromatic nitrogens is 1. The maximum atomic E-state index is 12.4. The number of nitrogens with one attached hydrogen (secondary N) is 1. The summed E-state index contributed by atoms with van der Waals surface area (Å²) in [7, 11) is 0. The van der Waals surface area contributed by atoms with Crippen molar-refractivity contribution in [2.75, 3.05) is 26.3 Å². The van der Waals surface area contributed by atoms with E-state index in [0.717, 1.165) is 37.7 Å². The molecule has 2 aliphatic heterocycles. The van der Waals surface area contributed by atoms with E-state index in [4.69, 9.17) is 4.74 Å². The third-order valence-electron chi connectivity index (χ3n) is 8.96. The number of hydrogen-bond donors (Lipinski definition) is 1. The largest absolute Gasteiger partial charge is 0.488 e. The molecule has 1 aromatic heterocycles. The molecule has 2 bridgehead atoms. The number of alkyl halides is 1. The van der Waals surface area contributed by atoms with E-state index in [-0.39, 0.29) is 18.8 Å². The van der Waals surface area contributed by atoms with Crippen molar-refractivity contribution >= 4 is 10.9 Å². The molecule has 3 aliphatic carbocycles. The highest BCUT2D eigenvalue weighted by atomic mass is 19.1. The van der Waals surface area contributed by atoms with Crippen LogP contribution < -0.4 is 4.74 Å². The van der Waals surface area contributed by atoms with Gasteiger partial charge in [-0.2, -0.15) is 0 Å². The van der Waals surface area contributed by atoms with Crippen LogP contribution in [0.3, 0.4) is 0 Å². The summed E-state index contributed by atoms with van der Waals surface area (Å²) in [5.41, 5.74) is 5.90. The number of benzene rings is 2. The van der Waals surface area contributed by atoms with Crippen molar-refractivity contribution in [1.29, 1.82) is 0 Å². The number of H-pyrrole nitrogens is 1. The number of para-hydroxylation sites is 1. The minimum absolute atomic E-state index is 0.220. The first-order valence-electron chi connectivity index (χ1n) is 13.1. The minimum Gasteiger partial charge on any atom is -0.488 e. The van der Waals surface area contributed by atoms with Crippen molar-refractivity contribution in [1.82, 2.24) is 14.8 Å². The molecule has 0 radical (unpaired) electrons. The van der Waals surface area contributed by atoms with Gasteiger partial charge in [0.05, 0.1) is 12.7 Å². The van der Waals surface area contributed by atoms with Gasteiger partial charge in [-0.15, -0.1) is 0 Å². The molecular weight excluding hydrogens is 425 g/mol. The van der Waals surface area contributed by atoms with Gasteiger partial charge in [0.15, 0.2) is 0 Å². The Hall–Kier alpha value is -2.37. The van der Waals surface area contributed by atoms with Crippen molar-refractivity contribution in [2.45, 2.75) is 62.8 Å². The van der Waals surface area contributed by atoms with Gasteiger partial charge in [0.2, 0.25) is 0 Å². The third kappa shape index (κ3) is 3.16. The van der Waals surface area contributed by atoms with Gasteiger partial charge in [-0.25, -0.2) is 0 Å². The standard InChI is InChI=1S/C29H34FN3O/c1-19-13-25-24-5-2-3-6-26(24)31-27(25)28(33(19)29-14-20(15-29)16-29)21-7-9-22(10-8-21)34-23-17-32(18-23)12-4-11-30/h2-3,5-10,19-20,23,28,31H,4,11-18H2,1H3/t19-,20?,28-,29?/m1/s1. The quantitative estimate of drug-likeness (QED) is 0.508. The Morgan fingerprint density at radius 1 is 1.06 bits per heavy atom. The predicted octanol–water partition coefficient (Wildman–Crippen LogP) is 5.48. The van der Waals surface area contributed by atoms with Crippen LogP contribution in [0.1, 0.15) is 55.5 Å². The average molecular weight is 460 g/mol. The van der Waals surface area contributed by atoms with Gasteiger partial charge in [-0.3, -0.25) is 14.2 Å². The molecule has 0 amide bonds. The maximum Gasteiger partial charge on any atom is 0.124 e. The van der Waals surface area contributed by atoms with Gasteiger partial charge in [0.1, 0.15) is 11.9 Å². The Balaban J connectivity index is 1.18. The molecule has 1 N–H and O–H groups in total. The number of aromatic amines is 1. The lowest BCUT2D eigenvalue weighted by molar-refractivity contribution is -0.174. The van der Waals surface area contributed by atoms with Gasteiger partial charge >= 0.3 is 0 Å². The Labute approximate surface area is 201 Å². The van der Waals surface area contributed by atoms with Crippen LogP contribution in [0, 0.1) is 5.92 Å². The zero-order valence-corrected chi connectivity index (χ0v) is 20.0. The van der Waals surface area contributed by atoms with E-state index in [2.05, 4.69) is 70.2 Å². The van der Waals surface area contributed by atoms with E-state index < -0.39 is 0 Å². The molecule has 34 heavy (non-hydrogen) atoms. The second-order valence-electron chi connectivity index (χ2n) is 11.2. The Bertz CT molecular complexity index is 1180. The maximum absolute atomic E-state index is 12.4. The van der Waals surface area contributed by atoms with E-state index >= 15 is 0 Å². The van der Waals surface area contributed by atoms with E-state index in [1.165, 1.54) is 47.0 Å². The molecule has 2 aromatic carbocycles. The van der Waals surface area contributed by atoms with Crippen LogP contribution in [0.15, 0.2) is 48.5 Å². The molecular formula is C29H34FN3O. The van der Waals surface area contributed by atoms with Crippen LogP contribution in [-0.4, -0.2) is 58.8 Å². The summed E-state index contributed by atoms with van der Waals surface area (Å²) in [6, 6.07) is 18.5. The van der Waals surface area contributed by atoms with Crippen LogP contribution in [0.2, 0.25) is 0 Å². The second kappa shape index (κ2) is 7.82. The van der Waals surface area contributed by atoms with Crippen LogP contribution in [0.5, 0.6) is 5.75 Å². The normalized spacial score (nSPS) is 30.9. The summed E-state index contributed by atoms with van der Waals surface area (Å²) in [6.45, 7) is 4.83. The number of nitrogens with zero attached hydrogens (tertiary/aromatic N) is 2. The Kier molecular flexibility index (Phi) is 4.82. The zero-order chi connectivity index (χ0) is 22.9. The molecule has 4 fully saturated rings. The van der Waals surface area contributed by atoms with Gasteiger partial charge in [0.25, 0.3) is 0 Å². The van der Waals surface area contributed by atoms with Crippen LogP contribution in [0.4, 0.5) is 4.39 Å². The minimum atomic E-state index is -0.236. The molecule has 2 atom stereocenters. The summed E-state index contributed by atoms with van der Waals surface area (Å²) in [4.78, 5) is 8.96. The lowest BCUT2D eigenvalue weighted by Crippen LogP contribution is -2.71.